The Hall–Kier alpha value is -1.01. The van der Waals surface area contributed by atoms with Crippen molar-refractivity contribution in [2.45, 2.75) is 45.4 Å². The van der Waals surface area contributed by atoms with Crippen molar-refractivity contribution in [3.8, 4) is 6.07 Å². The molecule has 0 saturated carbocycles. The summed E-state index contributed by atoms with van der Waals surface area (Å²) in [6.45, 7) is 3.18. The summed E-state index contributed by atoms with van der Waals surface area (Å²) in [7, 11) is 0. The summed E-state index contributed by atoms with van der Waals surface area (Å²) in [6, 6.07) is 8.03. The summed E-state index contributed by atoms with van der Waals surface area (Å²) in [5.41, 5.74) is 1.63. The van der Waals surface area contributed by atoms with Crippen molar-refractivity contribution in [1.82, 2.24) is 0 Å². The Morgan fingerprint density at radius 2 is 1.89 bits per heavy atom. The van der Waals surface area contributed by atoms with Gasteiger partial charge in [0.1, 0.15) is 6.07 Å². The molecule has 0 amide bonds. The molecular weight excluding hydrogens is 288 g/mol. The number of benzene rings is 1. The first-order chi connectivity index (χ1) is 8.79. The standard InChI is InChI=1S/C15H21BrN2/c1-2-3-4-5-6-7-11-18-15-10-8-9-14(16)13(15)12-17/h8-10,18H,2-7,11H2,1H3. The average Bonchev–Trinajstić information content (AvgIpc) is 2.38. The lowest BCUT2D eigenvalue weighted by Gasteiger charge is -2.09. The van der Waals surface area contributed by atoms with Crippen LogP contribution in [0.5, 0.6) is 0 Å². The third-order valence-electron chi connectivity index (χ3n) is 2.97. The molecule has 0 radical (unpaired) electrons. The molecule has 18 heavy (non-hydrogen) atoms. The number of halogens is 1. The van der Waals surface area contributed by atoms with Crippen molar-refractivity contribution < 1.29 is 0 Å². The van der Waals surface area contributed by atoms with E-state index in [0.717, 1.165) is 16.7 Å². The monoisotopic (exact) mass is 308 g/mol. The van der Waals surface area contributed by atoms with E-state index in [9.17, 15) is 0 Å². The first kappa shape index (κ1) is 15.0. The van der Waals surface area contributed by atoms with Gasteiger partial charge in [-0.25, -0.2) is 0 Å². The van der Waals surface area contributed by atoms with E-state index in [4.69, 9.17) is 5.26 Å². The van der Waals surface area contributed by atoms with Gasteiger partial charge in [-0.2, -0.15) is 5.26 Å². The Labute approximate surface area is 119 Å². The predicted octanol–water partition coefficient (Wildman–Crippen LogP) is 5.09. The van der Waals surface area contributed by atoms with Gasteiger partial charge in [0.2, 0.25) is 0 Å². The molecule has 1 N–H and O–H groups in total. The van der Waals surface area contributed by atoms with Gasteiger partial charge in [-0.1, -0.05) is 45.1 Å². The maximum atomic E-state index is 9.08. The molecule has 0 saturated heterocycles. The lowest BCUT2D eigenvalue weighted by atomic mass is 10.1. The molecule has 0 aliphatic rings. The van der Waals surface area contributed by atoms with Crippen molar-refractivity contribution in [3.05, 3.63) is 28.2 Å². The van der Waals surface area contributed by atoms with Gasteiger partial charge in [0.15, 0.2) is 0 Å². The molecule has 1 rings (SSSR count). The molecule has 2 nitrogen and oxygen atoms in total. The van der Waals surface area contributed by atoms with Crippen LogP contribution >= 0.6 is 15.9 Å². The minimum atomic E-state index is 0.698. The van der Waals surface area contributed by atoms with E-state index in [1.165, 1.54) is 38.5 Å². The molecule has 0 spiro atoms. The van der Waals surface area contributed by atoms with Crippen LogP contribution in [0.4, 0.5) is 5.69 Å². The molecular formula is C15H21BrN2. The molecule has 0 unspecified atom stereocenters. The lowest BCUT2D eigenvalue weighted by Crippen LogP contribution is -2.03. The fourth-order valence-electron chi connectivity index (χ4n) is 1.91. The SMILES string of the molecule is CCCCCCCCNc1cccc(Br)c1C#N. The summed E-state index contributed by atoms with van der Waals surface area (Å²) in [5, 5.41) is 12.4. The highest BCUT2D eigenvalue weighted by atomic mass is 79.9. The highest BCUT2D eigenvalue weighted by Crippen LogP contribution is 2.23. The molecule has 1 aromatic rings. The molecule has 1 aromatic carbocycles. The van der Waals surface area contributed by atoms with E-state index in [1.807, 2.05) is 18.2 Å². The Morgan fingerprint density at radius 3 is 2.61 bits per heavy atom. The van der Waals surface area contributed by atoms with Crippen LogP contribution in [-0.4, -0.2) is 6.54 Å². The largest absolute Gasteiger partial charge is 0.384 e. The smallest absolute Gasteiger partial charge is 0.103 e. The van der Waals surface area contributed by atoms with E-state index >= 15 is 0 Å². The zero-order valence-corrected chi connectivity index (χ0v) is 12.6. The summed E-state index contributed by atoms with van der Waals surface area (Å²) >= 11 is 3.40. The highest BCUT2D eigenvalue weighted by Gasteiger charge is 2.04. The second-order valence-corrected chi connectivity index (χ2v) is 5.32. The van der Waals surface area contributed by atoms with Crippen molar-refractivity contribution in [1.29, 1.82) is 5.26 Å². The van der Waals surface area contributed by atoms with Crippen molar-refractivity contribution >= 4 is 21.6 Å². The second kappa shape index (κ2) is 8.99. The van der Waals surface area contributed by atoms with E-state index in [1.54, 1.807) is 0 Å². The number of anilines is 1. The van der Waals surface area contributed by atoms with E-state index in [0.29, 0.717) is 5.56 Å². The van der Waals surface area contributed by atoms with Crippen LogP contribution in [0.25, 0.3) is 0 Å². The Kier molecular flexibility index (Phi) is 7.52. The van der Waals surface area contributed by atoms with Gasteiger partial charge in [0, 0.05) is 11.0 Å². The summed E-state index contributed by atoms with van der Waals surface area (Å²) in [4.78, 5) is 0. The first-order valence-electron chi connectivity index (χ1n) is 6.72. The first-order valence-corrected chi connectivity index (χ1v) is 7.51. The van der Waals surface area contributed by atoms with E-state index in [2.05, 4.69) is 34.2 Å². The zero-order chi connectivity index (χ0) is 13.2. The normalized spacial score (nSPS) is 10.1. The van der Waals surface area contributed by atoms with Gasteiger partial charge in [-0.3, -0.25) is 0 Å². The Balaban J connectivity index is 2.28. The second-order valence-electron chi connectivity index (χ2n) is 4.47. The zero-order valence-electron chi connectivity index (χ0n) is 11.0. The number of nitrogens with one attached hydrogen (secondary N) is 1. The fraction of sp³-hybridized carbons (Fsp3) is 0.533. The number of nitrogens with zero attached hydrogens (tertiary/aromatic N) is 1. The Bertz CT molecular complexity index is 396. The maximum absolute atomic E-state index is 9.08. The third-order valence-corrected chi connectivity index (χ3v) is 3.63. The highest BCUT2D eigenvalue weighted by molar-refractivity contribution is 9.10. The van der Waals surface area contributed by atoms with Crippen LogP contribution in [0.1, 0.15) is 51.0 Å². The Morgan fingerprint density at radius 1 is 1.17 bits per heavy atom. The van der Waals surface area contributed by atoms with Crippen molar-refractivity contribution in [2.75, 3.05) is 11.9 Å². The lowest BCUT2D eigenvalue weighted by molar-refractivity contribution is 0.617. The van der Waals surface area contributed by atoms with E-state index < -0.39 is 0 Å². The molecule has 0 atom stereocenters. The number of nitriles is 1. The minimum Gasteiger partial charge on any atom is -0.384 e. The fourth-order valence-corrected chi connectivity index (χ4v) is 2.37. The van der Waals surface area contributed by atoms with Crippen LogP contribution in [0.15, 0.2) is 22.7 Å². The summed E-state index contributed by atoms with van der Waals surface area (Å²) in [5.74, 6) is 0. The van der Waals surface area contributed by atoms with Gasteiger partial charge < -0.3 is 5.32 Å². The van der Waals surface area contributed by atoms with Crippen molar-refractivity contribution in [2.24, 2.45) is 0 Å². The maximum Gasteiger partial charge on any atom is 0.103 e. The van der Waals surface area contributed by atoms with Gasteiger partial charge in [-0.15, -0.1) is 0 Å². The molecule has 98 valence electrons. The van der Waals surface area contributed by atoms with Crippen LogP contribution in [0.2, 0.25) is 0 Å². The quantitative estimate of drug-likeness (QED) is 0.679. The van der Waals surface area contributed by atoms with E-state index in [-0.39, 0.29) is 0 Å². The molecule has 0 bridgehead atoms. The van der Waals surface area contributed by atoms with Crippen LogP contribution in [0.3, 0.4) is 0 Å². The number of rotatable bonds is 8. The van der Waals surface area contributed by atoms with Crippen LogP contribution < -0.4 is 5.32 Å². The van der Waals surface area contributed by atoms with Gasteiger partial charge >= 0.3 is 0 Å². The van der Waals surface area contributed by atoms with Crippen LogP contribution in [-0.2, 0) is 0 Å². The summed E-state index contributed by atoms with van der Waals surface area (Å²) in [6.07, 6.45) is 7.74. The van der Waals surface area contributed by atoms with Gasteiger partial charge in [0.05, 0.1) is 11.3 Å². The topological polar surface area (TPSA) is 35.8 Å². The summed E-state index contributed by atoms with van der Waals surface area (Å²) < 4.78 is 0.859. The number of hydrogen-bond donors (Lipinski definition) is 1. The molecule has 3 heteroatoms. The average molecular weight is 309 g/mol. The number of hydrogen-bond acceptors (Lipinski definition) is 2. The molecule has 0 fully saturated rings. The predicted molar refractivity (Wildman–Crippen MR) is 80.7 cm³/mol. The molecule has 0 aliphatic heterocycles. The van der Waals surface area contributed by atoms with Crippen molar-refractivity contribution in [3.63, 3.8) is 0 Å². The molecule has 0 aliphatic carbocycles. The number of unbranched alkanes of at least 4 members (excludes halogenated alkanes) is 5. The minimum absolute atomic E-state index is 0.698. The van der Waals surface area contributed by atoms with Gasteiger partial charge in [0.25, 0.3) is 0 Å². The van der Waals surface area contributed by atoms with Crippen LogP contribution in [0, 0.1) is 11.3 Å². The third kappa shape index (κ3) is 5.10. The van der Waals surface area contributed by atoms with Gasteiger partial charge in [-0.05, 0) is 34.5 Å². The molecule has 0 heterocycles. The molecule has 0 aromatic heterocycles.